The molecule has 3 aliphatic rings. The Morgan fingerprint density at radius 3 is 2.11 bits per heavy atom. The summed E-state index contributed by atoms with van der Waals surface area (Å²) in [5.74, 6) is 0.465. The van der Waals surface area contributed by atoms with E-state index in [0.717, 1.165) is 50.1 Å². The van der Waals surface area contributed by atoms with Crippen LogP contribution in [0.1, 0.15) is 75.5 Å². The number of aromatic nitrogens is 1. The van der Waals surface area contributed by atoms with E-state index in [1.165, 1.54) is 47.2 Å². The van der Waals surface area contributed by atoms with E-state index in [1.807, 2.05) is 25.9 Å². The van der Waals surface area contributed by atoms with Crippen molar-refractivity contribution in [1.82, 2.24) is 17.8 Å². The van der Waals surface area contributed by atoms with Crippen LogP contribution in [0.5, 0.6) is 0 Å². The molecule has 2 aromatic rings. The number of nitrogens with zero attached hydrogens (tertiary/aromatic N) is 6. The predicted octanol–water partition coefficient (Wildman–Crippen LogP) is 3.91. The van der Waals surface area contributed by atoms with Gasteiger partial charge in [-0.3, -0.25) is 0 Å². The van der Waals surface area contributed by atoms with E-state index in [9.17, 15) is 16.8 Å². The smallest absolute Gasteiger partial charge is 0.377 e. The number of anilines is 1. The second-order valence-corrected chi connectivity index (χ2v) is 17.9. The molecule has 2 fully saturated rings. The third kappa shape index (κ3) is 9.13. The second kappa shape index (κ2) is 16.1. The van der Waals surface area contributed by atoms with Gasteiger partial charge in [0.15, 0.2) is 12.4 Å². The van der Waals surface area contributed by atoms with E-state index in [4.69, 9.17) is 0 Å². The molecule has 1 aliphatic carbocycles. The van der Waals surface area contributed by atoms with Crippen LogP contribution in [0.3, 0.4) is 0 Å². The van der Waals surface area contributed by atoms with Gasteiger partial charge in [0, 0.05) is 77.7 Å². The third-order valence-corrected chi connectivity index (χ3v) is 13.9. The zero-order chi connectivity index (χ0) is 33.6. The molecule has 1 saturated heterocycles. The van der Waals surface area contributed by atoms with Gasteiger partial charge in [0.25, 0.3) is 10.2 Å². The molecule has 1 aromatic heterocycles. The van der Waals surface area contributed by atoms with Crippen molar-refractivity contribution < 1.29 is 20.8 Å². The molecule has 10 nitrogen and oxygen atoms in total. The van der Waals surface area contributed by atoms with E-state index >= 15 is 0 Å². The summed E-state index contributed by atoms with van der Waals surface area (Å²) < 4.78 is 62.9. The molecular weight excluding hydrogens is 633 g/mol. The minimum atomic E-state index is -3.85. The Kier molecular flexibility index (Phi) is 12.4. The van der Waals surface area contributed by atoms with Gasteiger partial charge in [-0.1, -0.05) is 55.3 Å². The summed E-state index contributed by atoms with van der Waals surface area (Å²) in [5, 5.41) is 0. The lowest BCUT2D eigenvalue weighted by Gasteiger charge is -2.36. The van der Waals surface area contributed by atoms with E-state index in [0.29, 0.717) is 38.5 Å². The zero-order valence-electron chi connectivity index (χ0n) is 29.1. The fourth-order valence-electron chi connectivity index (χ4n) is 7.48. The summed E-state index contributed by atoms with van der Waals surface area (Å²) in [6.45, 7) is 8.92. The van der Waals surface area contributed by atoms with Gasteiger partial charge < -0.3 is 9.80 Å². The summed E-state index contributed by atoms with van der Waals surface area (Å²) in [4.78, 5) is 4.41. The quantitative estimate of drug-likeness (QED) is 0.391. The standard InChI is InChI=1S/C35H57N6O4S2/c1-5-31-13-14-34-29-41(22-15-33(34)25-31)47(44,45)40-21-10-19-37(28-32-11-7-6-8-12-32)18-9-20-39(26-30(2)27-40)46(42,43)38-23-16-35(17-24-38)36(3)4/h13-14,16-17,23-25,30,32H,5-12,15,18-22,26-29H2,1-4H3/q+1/t30-/m0/s1. The number of benzene rings is 1. The topological polar surface area (TPSA) is 88.4 Å². The molecule has 262 valence electrons. The number of pyridine rings is 1. The molecule has 0 amide bonds. The van der Waals surface area contributed by atoms with Crippen molar-refractivity contribution in [3.05, 3.63) is 59.4 Å². The Hall–Kier alpha value is -2.09. The molecule has 0 radical (unpaired) electrons. The van der Waals surface area contributed by atoms with Gasteiger partial charge in [-0.2, -0.15) is 17.0 Å². The number of hydrogen-bond donors (Lipinski definition) is 0. The SMILES string of the molecule is CCc1ccc2c(c1)CCN(S(=O)(=O)N1CCCN(CC3CCCCC3)CCCN(S(=O)(=O)[n+]3ccc(N(C)C)cc3)C[C@H](C)C1)C2. The highest BCUT2D eigenvalue weighted by atomic mass is 32.2. The Morgan fingerprint density at radius 1 is 0.787 bits per heavy atom. The predicted molar refractivity (Wildman–Crippen MR) is 189 cm³/mol. The maximum Gasteiger partial charge on any atom is 0.447 e. The molecule has 2 aliphatic heterocycles. The number of hydrogen-bond acceptors (Lipinski definition) is 6. The first-order valence-corrected chi connectivity index (χ1v) is 20.5. The molecule has 0 unspecified atom stereocenters. The first kappa shape index (κ1) is 36.2. The molecule has 0 N–H and O–H groups in total. The third-order valence-electron chi connectivity index (χ3n) is 10.2. The molecule has 47 heavy (non-hydrogen) atoms. The second-order valence-electron chi connectivity index (χ2n) is 14.2. The van der Waals surface area contributed by atoms with Crippen molar-refractivity contribution >= 4 is 26.1 Å². The van der Waals surface area contributed by atoms with Gasteiger partial charge in [0.05, 0.1) is 0 Å². The van der Waals surface area contributed by atoms with Crippen LogP contribution in [0.15, 0.2) is 42.7 Å². The fraction of sp³-hybridized carbons (Fsp3) is 0.686. The van der Waals surface area contributed by atoms with Crippen LogP contribution in [-0.2, 0) is 39.8 Å². The monoisotopic (exact) mass is 689 g/mol. The molecule has 5 rings (SSSR count). The van der Waals surface area contributed by atoms with Gasteiger partial charge >= 0.3 is 10.2 Å². The van der Waals surface area contributed by atoms with Gasteiger partial charge in [-0.25, -0.2) is 0 Å². The summed E-state index contributed by atoms with van der Waals surface area (Å²) >= 11 is 0. The van der Waals surface area contributed by atoms with Gasteiger partial charge in [0.2, 0.25) is 0 Å². The van der Waals surface area contributed by atoms with Crippen molar-refractivity contribution in [3.63, 3.8) is 0 Å². The number of aryl methyl sites for hydroxylation is 1. The summed E-state index contributed by atoms with van der Waals surface area (Å²) in [6, 6.07) is 10.0. The van der Waals surface area contributed by atoms with Crippen molar-refractivity contribution in [2.24, 2.45) is 11.8 Å². The van der Waals surface area contributed by atoms with Crippen LogP contribution in [0.2, 0.25) is 0 Å². The first-order chi connectivity index (χ1) is 22.5. The Balaban J connectivity index is 1.38. The Morgan fingerprint density at radius 2 is 1.45 bits per heavy atom. The van der Waals surface area contributed by atoms with Crippen molar-refractivity contribution in [2.75, 3.05) is 71.4 Å². The lowest BCUT2D eigenvalue weighted by atomic mass is 9.89. The molecule has 1 aromatic carbocycles. The molecular formula is C35H57N6O4S2+. The Bertz CT molecular complexity index is 1530. The highest BCUT2D eigenvalue weighted by molar-refractivity contribution is 7.86. The minimum Gasteiger partial charge on any atom is -0.377 e. The summed E-state index contributed by atoms with van der Waals surface area (Å²) in [6.07, 6.45) is 12.7. The summed E-state index contributed by atoms with van der Waals surface area (Å²) in [5.41, 5.74) is 4.52. The zero-order valence-corrected chi connectivity index (χ0v) is 30.7. The van der Waals surface area contributed by atoms with Crippen molar-refractivity contribution in [3.8, 4) is 0 Å². The maximum atomic E-state index is 14.3. The average Bonchev–Trinajstić information content (AvgIpc) is 3.06. The van der Waals surface area contributed by atoms with Crippen LogP contribution in [0, 0.1) is 11.8 Å². The average molecular weight is 690 g/mol. The van der Waals surface area contributed by atoms with Crippen LogP contribution < -0.4 is 8.87 Å². The van der Waals surface area contributed by atoms with Crippen molar-refractivity contribution in [2.45, 2.75) is 78.2 Å². The molecule has 0 spiro atoms. The van der Waals surface area contributed by atoms with Crippen LogP contribution in [-0.4, -0.2) is 101 Å². The molecule has 3 heterocycles. The summed E-state index contributed by atoms with van der Waals surface area (Å²) in [7, 11) is -3.75. The lowest BCUT2D eigenvalue weighted by molar-refractivity contribution is -0.516. The molecule has 12 heteroatoms. The van der Waals surface area contributed by atoms with E-state index in [2.05, 4.69) is 30.0 Å². The first-order valence-electron chi connectivity index (χ1n) is 17.7. The highest BCUT2D eigenvalue weighted by Crippen LogP contribution is 2.27. The number of fused-ring (bicyclic) bond motifs is 1. The Labute approximate surface area is 284 Å². The van der Waals surface area contributed by atoms with E-state index in [-0.39, 0.29) is 19.0 Å². The highest BCUT2D eigenvalue weighted by Gasteiger charge is 2.37. The molecule has 0 bridgehead atoms. The van der Waals surface area contributed by atoms with Gasteiger partial charge in [-0.05, 0) is 80.1 Å². The van der Waals surface area contributed by atoms with Crippen molar-refractivity contribution in [1.29, 1.82) is 0 Å². The van der Waals surface area contributed by atoms with Gasteiger partial charge in [-0.15, -0.1) is 12.7 Å². The van der Waals surface area contributed by atoms with Crippen LogP contribution in [0.4, 0.5) is 5.69 Å². The minimum absolute atomic E-state index is 0.192. The lowest BCUT2D eigenvalue weighted by Crippen LogP contribution is -2.55. The molecule has 1 saturated carbocycles. The maximum absolute atomic E-state index is 14.3. The van der Waals surface area contributed by atoms with Gasteiger partial charge in [0.1, 0.15) is 0 Å². The largest absolute Gasteiger partial charge is 0.447 e. The van der Waals surface area contributed by atoms with E-state index < -0.39 is 20.4 Å². The molecule has 1 atom stereocenters. The van der Waals surface area contributed by atoms with E-state index in [1.54, 1.807) is 37.4 Å². The fourth-order valence-corrected chi connectivity index (χ4v) is 10.7. The van der Waals surface area contributed by atoms with Crippen LogP contribution in [0.25, 0.3) is 0 Å². The normalized spacial score (nSPS) is 22.7. The number of rotatable bonds is 8. The van der Waals surface area contributed by atoms with Crippen LogP contribution >= 0.6 is 0 Å².